The zero-order valence-electron chi connectivity index (χ0n) is 13.5. The van der Waals surface area contributed by atoms with Crippen molar-refractivity contribution in [3.63, 3.8) is 0 Å². The van der Waals surface area contributed by atoms with E-state index in [1.54, 1.807) is 0 Å². The van der Waals surface area contributed by atoms with Crippen molar-refractivity contribution in [2.24, 2.45) is 0 Å². The van der Waals surface area contributed by atoms with Gasteiger partial charge in [-0.15, -0.1) is 24.9 Å². The minimum Gasteiger partial charge on any atom is -0.405 e. The molecule has 2 aromatic carbocycles. The zero-order valence-corrected chi connectivity index (χ0v) is 14.3. The van der Waals surface area contributed by atoms with Gasteiger partial charge in [0.05, 0.1) is 5.75 Å². The number of alkyl halides is 3. The van der Waals surface area contributed by atoms with Crippen LogP contribution in [-0.2, 0) is 11.3 Å². The molecular weight excluding hydrogens is 377 g/mol. The lowest BCUT2D eigenvalue weighted by Gasteiger charge is -2.20. The molecule has 9 heteroatoms. The van der Waals surface area contributed by atoms with Gasteiger partial charge >= 0.3 is 6.36 Å². The van der Waals surface area contributed by atoms with Gasteiger partial charge in [-0.2, -0.15) is 0 Å². The normalized spacial score (nSPS) is 11.3. The summed E-state index contributed by atoms with van der Waals surface area (Å²) in [5, 5.41) is 0. The fraction of sp³-hybridized carbons (Fsp3) is 0.235. The Morgan fingerprint density at radius 1 is 1.15 bits per heavy atom. The monoisotopic (exact) mass is 391 g/mol. The van der Waals surface area contributed by atoms with Crippen molar-refractivity contribution >= 4 is 17.7 Å². The second-order valence-corrected chi connectivity index (χ2v) is 6.29. The third-order valence-corrected chi connectivity index (χ3v) is 4.31. The highest BCUT2D eigenvalue weighted by atomic mass is 32.2. The molecule has 0 saturated heterocycles. The molecule has 0 unspecified atom stereocenters. The van der Waals surface area contributed by atoms with Crippen LogP contribution in [0.15, 0.2) is 47.4 Å². The first kappa shape index (κ1) is 20.0. The molecule has 140 valence electrons. The molecule has 0 radical (unpaired) electrons. The summed E-state index contributed by atoms with van der Waals surface area (Å²) in [6.45, 7) is -0.114. The molecule has 0 saturated carbocycles. The van der Waals surface area contributed by atoms with Crippen LogP contribution in [0.4, 0.5) is 22.0 Å². The van der Waals surface area contributed by atoms with Crippen molar-refractivity contribution in [3.05, 3.63) is 59.7 Å². The minimum absolute atomic E-state index is 0.106. The molecule has 0 aliphatic carbocycles. The first-order valence-corrected chi connectivity index (χ1v) is 8.30. The number of rotatable bonds is 6. The number of halogens is 5. The van der Waals surface area contributed by atoms with Gasteiger partial charge in [-0.05, 0) is 18.2 Å². The lowest BCUT2D eigenvalue weighted by molar-refractivity contribution is -0.275. The Morgan fingerprint density at radius 2 is 1.85 bits per heavy atom. The maximum Gasteiger partial charge on any atom is 0.573 e. The number of nitrogens with zero attached hydrogens (tertiary/aromatic N) is 1. The van der Waals surface area contributed by atoms with Gasteiger partial charge in [0.1, 0.15) is 17.4 Å². The topological polar surface area (TPSA) is 29.5 Å². The predicted octanol–water partition coefficient (Wildman–Crippen LogP) is 4.61. The Labute approximate surface area is 150 Å². The van der Waals surface area contributed by atoms with Crippen molar-refractivity contribution < 1.29 is 31.5 Å². The van der Waals surface area contributed by atoms with Crippen LogP contribution in [0, 0.1) is 11.6 Å². The quantitative estimate of drug-likeness (QED) is 0.532. The van der Waals surface area contributed by atoms with Gasteiger partial charge in [-0.1, -0.05) is 18.2 Å². The van der Waals surface area contributed by atoms with Crippen molar-refractivity contribution in [1.82, 2.24) is 4.90 Å². The summed E-state index contributed by atoms with van der Waals surface area (Å²) in [7, 11) is 1.41. The van der Waals surface area contributed by atoms with Crippen LogP contribution in [0.25, 0.3) is 0 Å². The number of amides is 1. The Kier molecular flexibility index (Phi) is 6.47. The van der Waals surface area contributed by atoms with Crippen LogP contribution >= 0.6 is 11.8 Å². The lowest BCUT2D eigenvalue weighted by Crippen LogP contribution is -2.28. The Balaban J connectivity index is 1.99. The van der Waals surface area contributed by atoms with Gasteiger partial charge in [-0.3, -0.25) is 4.79 Å². The molecular formula is C17H14F5NO2S. The summed E-state index contributed by atoms with van der Waals surface area (Å²) in [5.41, 5.74) is 0.179. The largest absolute Gasteiger partial charge is 0.573 e. The second-order valence-electron chi connectivity index (χ2n) is 5.27. The van der Waals surface area contributed by atoms with E-state index in [2.05, 4.69) is 4.74 Å². The molecule has 0 bridgehead atoms. The van der Waals surface area contributed by atoms with Gasteiger partial charge in [-0.25, -0.2) is 8.78 Å². The van der Waals surface area contributed by atoms with Gasteiger partial charge < -0.3 is 9.64 Å². The van der Waals surface area contributed by atoms with Crippen molar-refractivity contribution in [2.45, 2.75) is 17.8 Å². The molecule has 0 aliphatic rings. The second kappa shape index (κ2) is 8.39. The Bertz CT molecular complexity index is 782. The maximum atomic E-state index is 13.6. The molecule has 0 fully saturated rings. The summed E-state index contributed by atoms with van der Waals surface area (Å²) in [6, 6.07) is 8.49. The van der Waals surface area contributed by atoms with E-state index in [0.29, 0.717) is 6.07 Å². The lowest BCUT2D eigenvalue weighted by atomic mass is 10.2. The summed E-state index contributed by atoms with van der Waals surface area (Å²) < 4.78 is 67.6. The third kappa shape index (κ3) is 5.91. The average molecular weight is 391 g/mol. The molecule has 0 spiro atoms. The van der Waals surface area contributed by atoms with E-state index in [1.807, 2.05) is 0 Å². The smallest absolute Gasteiger partial charge is 0.405 e. The van der Waals surface area contributed by atoms with Crippen molar-refractivity contribution in [1.29, 1.82) is 0 Å². The number of ether oxygens (including phenoxy) is 1. The molecule has 2 aromatic rings. The van der Waals surface area contributed by atoms with E-state index >= 15 is 0 Å². The van der Waals surface area contributed by atoms with Crippen LogP contribution in [0.1, 0.15) is 5.56 Å². The van der Waals surface area contributed by atoms with E-state index in [1.165, 1.54) is 36.2 Å². The number of hydrogen-bond acceptors (Lipinski definition) is 3. The molecule has 0 aromatic heterocycles. The maximum absolute atomic E-state index is 13.6. The van der Waals surface area contributed by atoms with E-state index in [0.717, 1.165) is 23.9 Å². The van der Waals surface area contributed by atoms with Crippen LogP contribution in [0.3, 0.4) is 0 Å². The fourth-order valence-corrected chi connectivity index (χ4v) is 2.90. The summed E-state index contributed by atoms with van der Waals surface area (Å²) in [4.78, 5) is 13.4. The zero-order chi connectivity index (χ0) is 19.3. The van der Waals surface area contributed by atoms with Crippen LogP contribution in [0.2, 0.25) is 0 Å². The van der Waals surface area contributed by atoms with Gasteiger partial charge in [0, 0.05) is 30.1 Å². The van der Waals surface area contributed by atoms with Crippen molar-refractivity contribution in [3.8, 4) is 5.75 Å². The van der Waals surface area contributed by atoms with Crippen molar-refractivity contribution in [2.75, 3.05) is 12.8 Å². The van der Waals surface area contributed by atoms with E-state index in [-0.39, 0.29) is 22.8 Å². The predicted molar refractivity (Wildman–Crippen MR) is 86.7 cm³/mol. The van der Waals surface area contributed by atoms with Gasteiger partial charge in [0.15, 0.2) is 0 Å². The van der Waals surface area contributed by atoms with Crippen LogP contribution < -0.4 is 4.74 Å². The fourth-order valence-electron chi connectivity index (χ4n) is 2.04. The molecule has 3 nitrogen and oxygen atoms in total. The van der Waals surface area contributed by atoms with E-state index in [9.17, 15) is 26.7 Å². The van der Waals surface area contributed by atoms with Gasteiger partial charge in [0.2, 0.25) is 5.91 Å². The van der Waals surface area contributed by atoms with E-state index < -0.39 is 29.7 Å². The van der Waals surface area contributed by atoms with E-state index in [4.69, 9.17) is 0 Å². The van der Waals surface area contributed by atoms with Gasteiger partial charge in [0.25, 0.3) is 0 Å². The molecule has 0 aliphatic heterocycles. The number of para-hydroxylation sites is 1. The molecule has 2 rings (SSSR count). The number of thioether (sulfide) groups is 1. The summed E-state index contributed by atoms with van der Waals surface area (Å²) in [6.07, 6.45) is -4.84. The third-order valence-electron chi connectivity index (χ3n) is 3.28. The Morgan fingerprint density at radius 3 is 2.50 bits per heavy atom. The van der Waals surface area contributed by atoms with Crippen LogP contribution in [0.5, 0.6) is 5.75 Å². The highest BCUT2D eigenvalue weighted by Crippen LogP contribution is 2.27. The SMILES string of the molecule is CN(Cc1ccccc1OC(F)(F)F)C(=O)CSc1ccc(F)cc1F. The van der Waals surface area contributed by atoms with Crippen LogP contribution in [-0.4, -0.2) is 30.0 Å². The highest BCUT2D eigenvalue weighted by Gasteiger charge is 2.32. The molecule has 26 heavy (non-hydrogen) atoms. The average Bonchev–Trinajstić information content (AvgIpc) is 2.54. The first-order valence-electron chi connectivity index (χ1n) is 7.31. The highest BCUT2D eigenvalue weighted by molar-refractivity contribution is 8.00. The summed E-state index contributed by atoms with van der Waals surface area (Å²) >= 11 is 0.873. The first-order chi connectivity index (χ1) is 12.2. The molecule has 0 heterocycles. The number of carbonyl (C=O) groups excluding carboxylic acids is 1. The minimum atomic E-state index is -4.84. The number of carbonyl (C=O) groups is 1. The standard InChI is InChI=1S/C17H14F5NO2S/c1-23(9-11-4-2-3-5-14(11)25-17(20,21)22)16(24)10-26-15-7-6-12(18)8-13(15)19/h2-8H,9-10H2,1H3. The molecule has 0 atom stereocenters. The number of hydrogen-bond donors (Lipinski definition) is 0. The Hall–Kier alpha value is -2.29. The number of benzene rings is 2. The molecule has 0 N–H and O–H groups in total. The summed E-state index contributed by atoms with van der Waals surface area (Å²) in [5.74, 6) is -2.48. The molecule has 1 amide bonds.